The number of hydrogen-bond donors (Lipinski definition) is 0. The van der Waals surface area contributed by atoms with E-state index < -0.39 is 0 Å². The summed E-state index contributed by atoms with van der Waals surface area (Å²) >= 11 is 0. The second-order valence-corrected chi connectivity index (χ2v) is 2.13. The van der Waals surface area contributed by atoms with E-state index in [1.54, 1.807) is 7.06 Å². The molecule has 0 aromatic carbocycles. The van der Waals surface area contributed by atoms with Crippen LogP contribution in [0.5, 0.6) is 0 Å². The molecule has 0 saturated carbocycles. The summed E-state index contributed by atoms with van der Waals surface area (Å²) in [7, 11) is 18.7. The van der Waals surface area contributed by atoms with Crippen molar-refractivity contribution in [3.63, 3.8) is 0 Å². The van der Waals surface area contributed by atoms with Crippen LogP contribution in [-0.2, 0) is 0 Å². The summed E-state index contributed by atoms with van der Waals surface area (Å²) in [4.78, 5) is 0. The van der Waals surface area contributed by atoms with E-state index in [4.69, 9.17) is 7.74 Å². The van der Waals surface area contributed by atoms with Gasteiger partial charge in [0.15, 0.2) is 0 Å². The Morgan fingerprint density at radius 1 is 1.18 bits per heavy atom. The fourth-order valence-electron chi connectivity index (χ4n) is 0.612. The first-order chi connectivity index (χ1) is 5.41. The Labute approximate surface area is 95.2 Å². The molecule has 8 heteroatoms. The zero-order valence-corrected chi connectivity index (χ0v) is 7.03. The van der Waals surface area contributed by atoms with Crippen molar-refractivity contribution >= 4 is 57.5 Å². The molecule has 0 saturated heterocycles. The third-order valence-electron chi connectivity index (χ3n) is 1.17. The lowest BCUT2D eigenvalue weighted by Crippen LogP contribution is -2.26. The Morgan fingerprint density at radius 3 is 2.55 bits per heavy atom. The van der Waals surface area contributed by atoms with Crippen molar-refractivity contribution in [3.8, 4) is 0 Å². The molecule has 0 aliphatic heterocycles. The molecular formula is C3H19B8-12. The van der Waals surface area contributed by atoms with Crippen molar-refractivity contribution in [1.82, 2.24) is 0 Å². The molecule has 0 aromatic rings. The Morgan fingerprint density at radius 2 is 1.91 bits per heavy atom. The van der Waals surface area contributed by atoms with Crippen molar-refractivity contribution in [2.24, 2.45) is 0 Å². The highest BCUT2D eigenvalue weighted by Gasteiger charge is 1.94. The predicted molar refractivity (Wildman–Crippen MR) is 74.7 cm³/mol. The van der Waals surface area contributed by atoms with Crippen LogP contribution in [0.25, 0.3) is 0 Å². The molecule has 0 aromatic heterocycles. The minimum Gasteiger partial charge on any atom is -1.00 e. The number of hydrogen-bond acceptors (Lipinski definition) is 0. The van der Waals surface area contributed by atoms with Crippen LogP contribution in [0, 0.1) is 0 Å². The van der Waals surface area contributed by atoms with Crippen molar-refractivity contribution in [2.45, 2.75) is 19.5 Å². The van der Waals surface area contributed by atoms with Crippen molar-refractivity contribution in [1.29, 1.82) is 0 Å². The molecular weight excluding hydrogens is 123 g/mol. The van der Waals surface area contributed by atoms with Crippen LogP contribution in [-0.4, -0.2) is 57.5 Å². The first kappa shape index (κ1) is 11.5. The fraction of sp³-hybridized carbons (Fsp3) is 1.00. The lowest BCUT2D eigenvalue weighted by Gasteiger charge is -1.93. The highest BCUT2D eigenvalue weighted by molar-refractivity contribution is 7.62. The smallest absolute Gasteiger partial charge is 0.0993 e. The van der Waals surface area contributed by atoms with Crippen LogP contribution in [0.4, 0.5) is 0 Å². The van der Waals surface area contributed by atoms with Crippen LogP contribution in [0.2, 0.25) is 12.5 Å². The topological polar surface area (TPSA) is 0 Å². The third-order valence-corrected chi connectivity index (χ3v) is 1.17. The van der Waals surface area contributed by atoms with Gasteiger partial charge in [-0.15, -0.1) is 6.22 Å². The maximum absolute atomic E-state index is 5.13. The predicted octanol–water partition coefficient (Wildman–Crippen LogP) is -0.262. The first-order valence-corrected chi connectivity index (χ1v) is 3.93. The van der Waals surface area contributed by atoms with Gasteiger partial charge in [-0.05, 0) is 0 Å². The van der Waals surface area contributed by atoms with Crippen LogP contribution in [0.3, 0.4) is 0 Å². The second kappa shape index (κ2) is 10.5. The highest BCUT2D eigenvalue weighted by Crippen LogP contribution is 1.79. The summed E-state index contributed by atoms with van der Waals surface area (Å²) < 4.78 is 0. The quantitative estimate of drug-likeness (QED) is 0.323. The fourth-order valence-corrected chi connectivity index (χ4v) is 0.612. The Balaban J connectivity index is -0.00000000758. The maximum atomic E-state index is 5.13. The average molecular weight is 142 g/mol. The molecule has 0 N–H and O–H groups in total. The summed E-state index contributed by atoms with van der Waals surface area (Å²) in [5.74, 6) is 0. The van der Waals surface area contributed by atoms with Crippen LogP contribution >= 0.6 is 0 Å². The van der Waals surface area contributed by atoms with Gasteiger partial charge in [0, 0.05) is 50.2 Å². The lowest BCUT2D eigenvalue weighted by atomic mass is 8.94. The van der Waals surface area contributed by atoms with Crippen LogP contribution in [0.15, 0.2) is 0 Å². The molecule has 67 valence electrons. The summed E-state index contributed by atoms with van der Waals surface area (Å²) in [6, 6.07) is 0. The van der Waals surface area contributed by atoms with Gasteiger partial charge in [-0.1, -0.05) is 13.2 Å². The van der Waals surface area contributed by atoms with Crippen LogP contribution in [0.1, 0.15) is 24.0 Å². The molecule has 9 radical (unpaired) electrons. The van der Waals surface area contributed by atoms with Crippen LogP contribution < -0.4 is 0 Å². The molecule has 0 nitrogen and oxygen atoms in total. The number of rotatable bonds is 8. The van der Waals surface area contributed by atoms with E-state index in [0.717, 1.165) is 12.5 Å². The molecule has 0 aliphatic rings. The Bertz CT molecular complexity index is 81.3. The van der Waals surface area contributed by atoms with Gasteiger partial charge >= 0.3 is 0 Å². The summed E-state index contributed by atoms with van der Waals surface area (Å²) in [5.41, 5.74) is 0. The molecule has 0 fully saturated rings. The van der Waals surface area contributed by atoms with Crippen molar-refractivity contribution in [2.75, 3.05) is 0 Å². The molecule has 0 atom stereocenters. The molecule has 0 rings (SSSR count). The zero-order valence-electron chi connectivity index (χ0n) is 19.0. The average Bonchev–Trinajstić information content (AvgIpc) is 2.03. The zero-order chi connectivity index (χ0) is 8.36. The lowest BCUT2D eigenvalue weighted by molar-refractivity contribution is 1.45. The van der Waals surface area contributed by atoms with E-state index >= 15 is 0 Å². The van der Waals surface area contributed by atoms with Gasteiger partial charge in [0.05, 0.1) is 7.28 Å². The van der Waals surface area contributed by atoms with Gasteiger partial charge in [-0.3, -0.25) is 0 Å². The SMILES string of the molecule is [B][B][B][B][B][B][B]C[B]CC.[H-].[H-].[H-].[H-].[H-].[H-].[H-].[H-].[H-].[H-].[H-].[H-]. The van der Waals surface area contributed by atoms with E-state index in [-0.39, 0.29) is 17.1 Å². The van der Waals surface area contributed by atoms with Crippen molar-refractivity contribution in [3.05, 3.63) is 0 Å². The van der Waals surface area contributed by atoms with E-state index in [0.29, 0.717) is 0 Å². The highest BCUT2D eigenvalue weighted by atomic mass is 13.4. The Kier molecular flexibility index (Phi) is 11.0. The van der Waals surface area contributed by atoms with Gasteiger partial charge in [0.2, 0.25) is 0 Å². The van der Waals surface area contributed by atoms with Gasteiger partial charge in [0.25, 0.3) is 0 Å². The van der Waals surface area contributed by atoms with Gasteiger partial charge in [-0.2, -0.15) is 0 Å². The molecule has 0 spiro atoms. The Hall–Kier alpha value is 0.519. The largest absolute Gasteiger partial charge is 1.00 e. The summed E-state index contributed by atoms with van der Waals surface area (Å²) in [6.45, 7) is 2.14. The van der Waals surface area contributed by atoms with Gasteiger partial charge in [0.1, 0.15) is 0 Å². The molecule has 0 heterocycles. The van der Waals surface area contributed by atoms with E-state index in [2.05, 4.69) is 21.4 Å². The normalized spacial score (nSPS) is 7.73. The first-order valence-electron chi connectivity index (χ1n) is 3.93. The molecule has 0 aliphatic carbocycles. The maximum Gasteiger partial charge on any atom is 0.0993 e. The molecule has 0 bridgehead atoms. The molecule has 11 heavy (non-hydrogen) atoms. The summed E-state index contributed by atoms with van der Waals surface area (Å²) in [6.07, 6.45) is 2.18. The van der Waals surface area contributed by atoms with Crippen molar-refractivity contribution < 1.29 is 17.1 Å². The van der Waals surface area contributed by atoms with E-state index in [1.165, 1.54) is 7.06 Å². The second-order valence-electron chi connectivity index (χ2n) is 2.13. The van der Waals surface area contributed by atoms with E-state index in [9.17, 15) is 0 Å². The molecule has 0 amide bonds. The third kappa shape index (κ3) is 10.5. The minimum atomic E-state index is 0. The van der Waals surface area contributed by atoms with E-state index in [1.807, 2.05) is 21.2 Å². The minimum absolute atomic E-state index is 0. The van der Waals surface area contributed by atoms with Gasteiger partial charge in [-0.25, -0.2) is 0 Å². The summed E-state index contributed by atoms with van der Waals surface area (Å²) in [5, 5.41) is 0. The monoisotopic (exact) mass is 143 g/mol. The standard InChI is InChI=1S/C3H7B8.12H/c1-2-5-3-6-8-10-11-9-7-4;;;;;;;;;;;;/h2-3H2,1H3;;;;;;;;;;;;/q;12*-1. The molecule has 0 unspecified atom stereocenters. The van der Waals surface area contributed by atoms with Gasteiger partial charge < -0.3 is 17.1 Å².